The highest BCUT2D eigenvalue weighted by Crippen LogP contribution is 2.39. The van der Waals surface area contributed by atoms with E-state index in [1.54, 1.807) is 13.8 Å². The third-order valence-corrected chi connectivity index (χ3v) is 2.96. The molecule has 18 heavy (non-hydrogen) atoms. The first-order valence-electron chi connectivity index (χ1n) is 5.89. The van der Waals surface area contributed by atoms with Gasteiger partial charge in [0.15, 0.2) is 12.1 Å². The molecule has 0 spiro atoms. The van der Waals surface area contributed by atoms with Gasteiger partial charge in [0.1, 0.15) is 31.2 Å². The summed E-state index contributed by atoms with van der Waals surface area (Å²) in [6.07, 6.45) is -3.30. The summed E-state index contributed by atoms with van der Waals surface area (Å²) >= 11 is 0. The molecule has 0 amide bonds. The molecule has 0 aliphatic carbocycles. The van der Waals surface area contributed by atoms with Gasteiger partial charge >= 0.3 is 0 Å². The third kappa shape index (κ3) is 2.67. The second kappa shape index (κ2) is 5.38. The van der Waals surface area contributed by atoms with Crippen molar-refractivity contribution in [3.05, 3.63) is 0 Å². The lowest BCUT2D eigenvalue weighted by Gasteiger charge is -2.25. The maximum atomic E-state index is 9.72. The summed E-state index contributed by atoms with van der Waals surface area (Å²) in [7, 11) is 1.50. The van der Waals surface area contributed by atoms with E-state index in [1.165, 1.54) is 7.11 Å². The van der Waals surface area contributed by atoms with Gasteiger partial charge in [-0.25, -0.2) is 0 Å². The number of hydrogen-bond donors (Lipinski definition) is 2. The van der Waals surface area contributed by atoms with Gasteiger partial charge in [-0.3, -0.25) is 0 Å². The van der Waals surface area contributed by atoms with Crippen LogP contribution in [0.1, 0.15) is 13.8 Å². The van der Waals surface area contributed by atoms with E-state index in [2.05, 4.69) is 0 Å². The van der Waals surface area contributed by atoms with Crippen LogP contribution in [0.4, 0.5) is 0 Å². The fourth-order valence-electron chi connectivity index (χ4n) is 2.27. The highest BCUT2D eigenvalue weighted by atomic mass is 16.8. The van der Waals surface area contributed by atoms with E-state index in [1.807, 2.05) is 0 Å². The Balaban J connectivity index is 2.07. The van der Waals surface area contributed by atoms with Gasteiger partial charge < -0.3 is 33.9 Å². The largest absolute Gasteiger partial charge is 0.394 e. The van der Waals surface area contributed by atoms with Crippen molar-refractivity contribution in [2.24, 2.45) is 0 Å². The van der Waals surface area contributed by atoms with Gasteiger partial charge in [0, 0.05) is 7.11 Å². The predicted molar refractivity (Wildman–Crippen MR) is 58.5 cm³/mol. The highest BCUT2D eigenvalue weighted by Gasteiger charge is 2.57. The van der Waals surface area contributed by atoms with Crippen molar-refractivity contribution in [1.82, 2.24) is 0 Å². The van der Waals surface area contributed by atoms with E-state index < -0.39 is 43.1 Å². The topological polar surface area (TPSA) is 86.6 Å². The van der Waals surface area contributed by atoms with Gasteiger partial charge in [-0.1, -0.05) is 0 Å². The lowest BCUT2D eigenvalue weighted by molar-refractivity contribution is -0.259. The van der Waals surface area contributed by atoms with Gasteiger partial charge in [0.05, 0.1) is 6.61 Å². The second-order valence-electron chi connectivity index (χ2n) is 4.86. The molecule has 5 atom stereocenters. The minimum atomic E-state index is -1.04. The van der Waals surface area contributed by atoms with Crippen LogP contribution >= 0.6 is 0 Å². The average molecular weight is 264 g/mol. The summed E-state index contributed by atoms with van der Waals surface area (Å²) < 4.78 is 27.0. The van der Waals surface area contributed by atoms with Crippen molar-refractivity contribution in [1.29, 1.82) is 0 Å². The molecule has 2 aliphatic heterocycles. The summed E-state index contributed by atoms with van der Waals surface area (Å²) in [5, 5.41) is 18.7. The molecule has 7 nitrogen and oxygen atoms in total. The van der Waals surface area contributed by atoms with Crippen molar-refractivity contribution in [2.45, 2.75) is 50.3 Å². The molecule has 2 N–H and O–H groups in total. The molecule has 0 bridgehead atoms. The Labute approximate surface area is 106 Å². The fourth-order valence-corrected chi connectivity index (χ4v) is 2.27. The van der Waals surface area contributed by atoms with E-state index in [9.17, 15) is 5.11 Å². The predicted octanol–water partition coefficient (Wildman–Crippen LogP) is -0.795. The number of ether oxygens (including phenoxy) is 5. The first kappa shape index (κ1) is 14.1. The van der Waals surface area contributed by atoms with Gasteiger partial charge in [-0.05, 0) is 13.8 Å². The number of aliphatic hydroxyl groups excluding tert-OH is 2. The molecule has 7 heteroatoms. The van der Waals surface area contributed by atoms with Crippen LogP contribution in [0.15, 0.2) is 0 Å². The Bertz CT molecular complexity index is 283. The summed E-state index contributed by atoms with van der Waals surface area (Å²) in [6, 6.07) is 0. The molecule has 2 saturated heterocycles. The van der Waals surface area contributed by atoms with E-state index in [4.69, 9.17) is 28.8 Å². The average Bonchev–Trinajstić information content (AvgIpc) is 2.79. The van der Waals surface area contributed by atoms with Crippen LogP contribution < -0.4 is 0 Å². The number of methoxy groups -OCH3 is 1. The van der Waals surface area contributed by atoms with Crippen molar-refractivity contribution >= 4 is 0 Å². The minimum absolute atomic E-state index is 0.0552. The van der Waals surface area contributed by atoms with Crippen LogP contribution in [0.25, 0.3) is 0 Å². The zero-order valence-electron chi connectivity index (χ0n) is 10.7. The first-order valence-corrected chi connectivity index (χ1v) is 5.89. The van der Waals surface area contributed by atoms with E-state index >= 15 is 0 Å². The van der Waals surface area contributed by atoms with Gasteiger partial charge in [-0.2, -0.15) is 0 Å². The van der Waals surface area contributed by atoms with Gasteiger partial charge in [0.2, 0.25) is 0 Å². The summed E-state index contributed by atoms with van der Waals surface area (Å²) in [5.74, 6) is -0.763. The molecule has 106 valence electrons. The van der Waals surface area contributed by atoms with Crippen molar-refractivity contribution in [3.63, 3.8) is 0 Å². The monoisotopic (exact) mass is 264 g/mol. The smallest absolute Gasteiger partial charge is 0.189 e. The van der Waals surface area contributed by atoms with E-state index in [-0.39, 0.29) is 6.79 Å². The minimum Gasteiger partial charge on any atom is -0.394 e. The molecule has 0 aromatic carbocycles. The SMILES string of the molecule is COCOC1O[C@H]([C@H](O)CO)[C@@H]2OC(C)(C)O[C@H]12. The quantitative estimate of drug-likeness (QED) is 0.629. The Hall–Kier alpha value is -0.280. The molecule has 2 heterocycles. The van der Waals surface area contributed by atoms with Crippen LogP contribution in [0, 0.1) is 0 Å². The standard InChI is InChI=1S/C11H20O7/c1-11(2)17-8-7(6(13)4-12)16-10(9(8)18-11)15-5-14-3/h6-10,12-13H,4-5H2,1-3H3/t6-,7-,8+,9+,10?/m1/s1. The molecule has 0 radical (unpaired) electrons. The molecule has 0 aromatic rings. The number of fused-ring (bicyclic) bond motifs is 1. The van der Waals surface area contributed by atoms with E-state index in [0.29, 0.717) is 0 Å². The molecule has 2 aliphatic rings. The van der Waals surface area contributed by atoms with Crippen LogP contribution in [0.3, 0.4) is 0 Å². The molecule has 1 unspecified atom stereocenters. The molecule has 2 rings (SSSR count). The Morgan fingerprint density at radius 2 is 1.94 bits per heavy atom. The molecule has 0 saturated carbocycles. The fraction of sp³-hybridized carbons (Fsp3) is 1.00. The second-order valence-corrected chi connectivity index (χ2v) is 4.86. The molecular formula is C11H20O7. The van der Waals surface area contributed by atoms with Gasteiger partial charge in [0.25, 0.3) is 0 Å². The maximum absolute atomic E-state index is 9.72. The van der Waals surface area contributed by atoms with Crippen molar-refractivity contribution in [3.8, 4) is 0 Å². The van der Waals surface area contributed by atoms with Crippen LogP contribution in [-0.4, -0.2) is 67.2 Å². The Kier molecular flexibility index (Phi) is 4.22. The van der Waals surface area contributed by atoms with Crippen LogP contribution in [-0.2, 0) is 23.7 Å². The highest BCUT2D eigenvalue weighted by molar-refractivity contribution is 4.97. The Morgan fingerprint density at radius 1 is 1.28 bits per heavy atom. The molecular weight excluding hydrogens is 244 g/mol. The third-order valence-electron chi connectivity index (χ3n) is 2.96. The molecule has 2 fully saturated rings. The maximum Gasteiger partial charge on any atom is 0.189 e. The Morgan fingerprint density at radius 3 is 2.56 bits per heavy atom. The lowest BCUT2D eigenvalue weighted by atomic mass is 10.1. The normalized spacial score (nSPS) is 39.8. The number of hydrogen-bond acceptors (Lipinski definition) is 7. The van der Waals surface area contributed by atoms with Gasteiger partial charge in [-0.15, -0.1) is 0 Å². The number of rotatable bonds is 5. The van der Waals surface area contributed by atoms with E-state index in [0.717, 1.165) is 0 Å². The zero-order chi connectivity index (χ0) is 13.3. The lowest BCUT2D eigenvalue weighted by Crippen LogP contribution is -2.40. The zero-order valence-corrected chi connectivity index (χ0v) is 10.7. The summed E-state index contributed by atoms with van der Waals surface area (Å²) in [6.45, 7) is 3.20. The van der Waals surface area contributed by atoms with Crippen molar-refractivity contribution in [2.75, 3.05) is 20.5 Å². The first-order chi connectivity index (χ1) is 8.48. The summed E-state index contributed by atoms with van der Waals surface area (Å²) in [4.78, 5) is 0. The van der Waals surface area contributed by atoms with Crippen LogP contribution in [0.2, 0.25) is 0 Å². The van der Waals surface area contributed by atoms with Crippen molar-refractivity contribution < 1.29 is 33.9 Å². The molecule has 0 aromatic heterocycles. The summed E-state index contributed by atoms with van der Waals surface area (Å²) in [5.41, 5.74) is 0. The van der Waals surface area contributed by atoms with Crippen LogP contribution in [0.5, 0.6) is 0 Å². The number of aliphatic hydroxyl groups is 2.